The van der Waals surface area contributed by atoms with E-state index in [0.29, 0.717) is 12.3 Å². The minimum atomic E-state index is -0.0671. The lowest BCUT2D eigenvalue weighted by Crippen LogP contribution is -2.29. The molecule has 0 radical (unpaired) electrons. The zero-order valence-corrected chi connectivity index (χ0v) is 6.79. The summed E-state index contributed by atoms with van der Waals surface area (Å²) in [6, 6.07) is 0. The van der Waals surface area contributed by atoms with Gasteiger partial charge in [-0.1, -0.05) is 0 Å². The van der Waals surface area contributed by atoms with Crippen LogP contribution in [0.15, 0.2) is 0 Å². The Morgan fingerprint density at radius 2 is 2.09 bits per heavy atom. The third-order valence-corrected chi connectivity index (χ3v) is 1.83. The topological polar surface area (TPSA) is 35.5 Å². The van der Waals surface area contributed by atoms with E-state index in [4.69, 9.17) is 9.47 Å². The van der Waals surface area contributed by atoms with Crippen LogP contribution in [0.4, 0.5) is 0 Å². The summed E-state index contributed by atoms with van der Waals surface area (Å²) in [4.78, 5) is 10.0. The molecule has 0 saturated carbocycles. The molecule has 0 unspecified atom stereocenters. The summed E-state index contributed by atoms with van der Waals surface area (Å²) in [7, 11) is 0. The second-order valence-corrected chi connectivity index (χ2v) is 2.84. The lowest BCUT2D eigenvalue weighted by molar-refractivity contribution is -0.191. The number of aldehydes is 1. The number of carbonyl (C=O) groups is 1. The molecule has 64 valence electrons. The van der Waals surface area contributed by atoms with E-state index in [-0.39, 0.29) is 6.29 Å². The van der Waals surface area contributed by atoms with Crippen LogP contribution in [-0.4, -0.2) is 25.8 Å². The number of ether oxygens (including phenoxy) is 2. The van der Waals surface area contributed by atoms with E-state index in [0.717, 1.165) is 25.9 Å². The summed E-state index contributed by atoms with van der Waals surface area (Å²) < 4.78 is 10.5. The molecule has 11 heavy (non-hydrogen) atoms. The average molecular weight is 158 g/mol. The smallest absolute Gasteiger partial charge is 0.154 e. The fourth-order valence-corrected chi connectivity index (χ4v) is 1.11. The van der Waals surface area contributed by atoms with E-state index < -0.39 is 0 Å². The molecule has 1 heterocycles. The van der Waals surface area contributed by atoms with Crippen LogP contribution in [0.5, 0.6) is 0 Å². The molecular formula is C8H14O3. The quantitative estimate of drug-likeness (QED) is 0.574. The van der Waals surface area contributed by atoms with Crippen molar-refractivity contribution in [3.63, 3.8) is 0 Å². The standard InChI is InChI=1S/C8H14O3/c1-7-10-5-8(6-11-7)3-2-4-9/h4,7-8H,2-3,5-6H2,1H3. The summed E-state index contributed by atoms with van der Waals surface area (Å²) in [5.74, 6) is 0.413. The van der Waals surface area contributed by atoms with Crippen molar-refractivity contribution in [2.75, 3.05) is 13.2 Å². The Morgan fingerprint density at radius 3 is 2.64 bits per heavy atom. The lowest BCUT2D eigenvalue weighted by Gasteiger charge is -2.26. The largest absolute Gasteiger partial charge is 0.353 e. The van der Waals surface area contributed by atoms with Gasteiger partial charge in [-0.05, 0) is 13.3 Å². The SMILES string of the molecule is CC1OCC(CCC=O)CO1. The second-order valence-electron chi connectivity index (χ2n) is 2.84. The Hall–Kier alpha value is -0.410. The first kappa shape index (κ1) is 8.68. The minimum Gasteiger partial charge on any atom is -0.353 e. The minimum absolute atomic E-state index is 0.0671. The highest BCUT2D eigenvalue weighted by Crippen LogP contribution is 2.14. The van der Waals surface area contributed by atoms with Crippen molar-refractivity contribution in [2.24, 2.45) is 5.92 Å². The van der Waals surface area contributed by atoms with Gasteiger partial charge in [-0.2, -0.15) is 0 Å². The van der Waals surface area contributed by atoms with Gasteiger partial charge in [0.05, 0.1) is 13.2 Å². The Kier molecular flexibility index (Phi) is 3.52. The van der Waals surface area contributed by atoms with Crippen LogP contribution in [0, 0.1) is 5.92 Å². The third kappa shape index (κ3) is 2.99. The van der Waals surface area contributed by atoms with Crippen molar-refractivity contribution in [1.82, 2.24) is 0 Å². The van der Waals surface area contributed by atoms with Gasteiger partial charge in [-0.3, -0.25) is 0 Å². The normalized spacial score (nSPS) is 31.7. The summed E-state index contributed by atoms with van der Waals surface area (Å²) in [5.41, 5.74) is 0. The van der Waals surface area contributed by atoms with Gasteiger partial charge in [0.2, 0.25) is 0 Å². The zero-order valence-electron chi connectivity index (χ0n) is 6.79. The summed E-state index contributed by atoms with van der Waals surface area (Å²) in [5, 5.41) is 0. The van der Waals surface area contributed by atoms with Crippen molar-refractivity contribution in [2.45, 2.75) is 26.1 Å². The van der Waals surface area contributed by atoms with E-state index in [2.05, 4.69) is 0 Å². The second kappa shape index (κ2) is 4.46. The molecule has 0 atom stereocenters. The molecule has 0 aromatic carbocycles. The lowest BCUT2D eigenvalue weighted by atomic mass is 10.1. The molecule has 0 aromatic heterocycles. The van der Waals surface area contributed by atoms with Crippen molar-refractivity contribution in [3.05, 3.63) is 0 Å². The van der Waals surface area contributed by atoms with Gasteiger partial charge in [-0.25, -0.2) is 0 Å². The first-order chi connectivity index (χ1) is 5.33. The Labute approximate surface area is 66.7 Å². The van der Waals surface area contributed by atoms with E-state index in [1.54, 1.807) is 0 Å². The molecule has 3 heteroatoms. The van der Waals surface area contributed by atoms with E-state index in [1.165, 1.54) is 0 Å². The van der Waals surface area contributed by atoms with E-state index in [9.17, 15) is 4.79 Å². The molecule has 1 rings (SSSR count). The molecule has 1 fully saturated rings. The highest BCUT2D eigenvalue weighted by atomic mass is 16.7. The predicted molar refractivity (Wildman–Crippen MR) is 40.2 cm³/mol. The van der Waals surface area contributed by atoms with Crippen molar-refractivity contribution < 1.29 is 14.3 Å². The molecule has 3 nitrogen and oxygen atoms in total. The highest BCUT2D eigenvalue weighted by molar-refractivity contribution is 5.49. The molecule has 0 amide bonds. The van der Waals surface area contributed by atoms with E-state index in [1.807, 2.05) is 6.92 Å². The van der Waals surface area contributed by atoms with Gasteiger partial charge in [0, 0.05) is 12.3 Å². The molecule has 0 aromatic rings. The maximum absolute atomic E-state index is 10.0. The van der Waals surface area contributed by atoms with Crippen LogP contribution in [-0.2, 0) is 14.3 Å². The van der Waals surface area contributed by atoms with Gasteiger partial charge >= 0.3 is 0 Å². The average Bonchev–Trinajstić information content (AvgIpc) is 2.04. The highest BCUT2D eigenvalue weighted by Gasteiger charge is 2.17. The van der Waals surface area contributed by atoms with Crippen LogP contribution in [0.2, 0.25) is 0 Å². The summed E-state index contributed by atoms with van der Waals surface area (Å²) >= 11 is 0. The molecule has 1 aliphatic rings. The van der Waals surface area contributed by atoms with Gasteiger partial charge in [0.1, 0.15) is 6.29 Å². The third-order valence-electron chi connectivity index (χ3n) is 1.83. The first-order valence-corrected chi connectivity index (χ1v) is 3.99. The van der Waals surface area contributed by atoms with Crippen LogP contribution < -0.4 is 0 Å². The van der Waals surface area contributed by atoms with Gasteiger partial charge in [0.15, 0.2) is 6.29 Å². The van der Waals surface area contributed by atoms with Crippen LogP contribution >= 0.6 is 0 Å². The Balaban J connectivity index is 2.12. The summed E-state index contributed by atoms with van der Waals surface area (Å²) in [6.07, 6.45) is 2.38. The molecule has 0 spiro atoms. The molecular weight excluding hydrogens is 144 g/mol. The van der Waals surface area contributed by atoms with Crippen molar-refractivity contribution in [1.29, 1.82) is 0 Å². The van der Waals surface area contributed by atoms with Gasteiger partial charge < -0.3 is 14.3 Å². The Bertz CT molecular complexity index is 117. The molecule has 1 saturated heterocycles. The van der Waals surface area contributed by atoms with Crippen molar-refractivity contribution in [3.8, 4) is 0 Å². The fourth-order valence-electron chi connectivity index (χ4n) is 1.11. The fraction of sp³-hybridized carbons (Fsp3) is 0.875. The number of carbonyl (C=O) groups excluding carboxylic acids is 1. The monoisotopic (exact) mass is 158 g/mol. The van der Waals surface area contributed by atoms with Gasteiger partial charge in [-0.15, -0.1) is 0 Å². The van der Waals surface area contributed by atoms with Crippen LogP contribution in [0.3, 0.4) is 0 Å². The maximum atomic E-state index is 10.0. The van der Waals surface area contributed by atoms with Gasteiger partial charge in [0.25, 0.3) is 0 Å². The molecule has 1 aliphatic heterocycles. The molecule has 0 N–H and O–H groups in total. The number of hydrogen-bond acceptors (Lipinski definition) is 3. The van der Waals surface area contributed by atoms with Crippen molar-refractivity contribution >= 4 is 6.29 Å². The van der Waals surface area contributed by atoms with E-state index >= 15 is 0 Å². The Morgan fingerprint density at radius 1 is 1.45 bits per heavy atom. The van der Waals surface area contributed by atoms with Crippen LogP contribution in [0.25, 0.3) is 0 Å². The molecule has 0 aliphatic carbocycles. The maximum Gasteiger partial charge on any atom is 0.154 e. The number of hydrogen-bond donors (Lipinski definition) is 0. The van der Waals surface area contributed by atoms with Crippen LogP contribution in [0.1, 0.15) is 19.8 Å². The summed E-state index contributed by atoms with van der Waals surface area (Å²) in [6.45, 7) is 3.35. The first-order valence-electron chi connectivity index (χ1n) is 3.99. The number of rotatable bonds is 3. The predicted octanol–water partition coefficient (Wildman–Crippen LogP) is 0.975. The zero-order chi connectivity index (χ0) is 8.10. The molecule has 0 bridgehead atoms.